The van der Waals surface area contributed by atoms with Gasteiger partial charge in [-0.05, 0) is 44.1 Å². The van der Waals surface area contributed by atoms with E-state index in [0.29, 0.717) is 5.41 Å². The molecule has 2 aliphatic rings. The SMILES string of the molecule is CC1(C)CCC(NS(=O)(=O)CC2CCCN2)C1. The van der Waals surface area contributed by atoms with Crippen molar-refractivity contribution in [1.82, 2.24) is 10.0 Å². The summed E-state index contributed by atoms with van der Waals surface area (Å²) in [5.74, 6) is 0.240. The first-order valence-corrected chi connectivity index (χ1v) is 8.25. The van der Waals surface area contributed by atoms with E-state index in [1.54, 1.807) is 0 Å². The number of hydrogen-bond acceptors (Lipinski definition) is 3. The van der Waals surface area contributed by atoms with Crippen LogP contribution in [-0.4, -0.2) is 32.8 Å². The third-order valence-electron chi connectivity index (χ3n) is 3.90. The summed E-state index contributed by atoms with van der Waals surface area (Å²) < 4.78 is 26.9. The number of sulfonamides is 1. The van der Waals surface area contributed by atoms with E-state index in [1.165, 1.54) is 0 Å². The van der Waals surface area contributed by atoms with Gasteiger partial charge in [-0.25, -0.2) is 13.1 Å². The molecule has 0 aromatic carbocycles. The maximum absolute atomic E-state index is 12.0. The minimum Gasteiger partial charge on any atom is -0.313 e. The minimum absolute atomic E-state index is 0.149. The Morgan fingerprint density at radius 3 is 2.65 bits per heavy atom. The summed E-state index contributed by atoms with van der Waals surface area (Å²) in [6.07, 6.45) is 5.13. The van der Waals surface area contributed by atoms with Gasteiger partial charge in [0, 0.05) is 12.1 Å². The standard InChI is InChI=1S/C12H24N2O2S/c1-12(2)6-5-10(8-12)14-17(15,16)9-11-4-3-7-13-11/h10-11,13-14H,3-9H2,1-2H3. The summed E-state index contributed by atoms with van der Waals surface area (Å²) in [7, 11) is -3.11. The zero-order valence-electron chi connectivity index (χ0n) is 10.8. The van der Waals surface area contributed by atoms with Crippen LogP contribution < -0.4 is 10.0 Å². The number of rotatable bonds is 4. The van der Waals surface area contributed by atoms with Crippen molar-refractivity contribution in [3.8, 4) is 0 Å². The fourth-order valence-corrected chi connectivity index (χ4v) is 4.62. The molecule has 5 heteroatoms. The maximum Gasteiger partial charge on any atom is 0.213 e. The second-order valence-corrected chi connectivity index (χ2v) is 8.10. The smallest absolute Gasteiger partial charge is 0.213 e. The molecule has 0 aromatic heterocycles. The van der Waals surface area contributed by atoms with Crippen LogP contribution in [0.15, 0.2) is 0 Å². The van der Waals surface area contributed by atoms with Crippen LogP contribution in [0.25, 0.3) is 0 Å². The Hall–Kier alpha value is -0.130. The predicted octanol–water partition coefficient (Wildman–Crippen LogP) is 1.24. The lowest BCUT2D eigenvalue weighted by molar-refractivity contribution is 0.372. The molecular weight excluding hydrogens is 236 g/mol. The molecule has 1 heterocycles. The summed E-state index contributed by atoms with van der Waals surface area (Å²) >= 11 is 0. The summed E-state index contributed by atoms with van der Waals surface area (Å²) in [5, 5.41) is 3.23. The number of nitrogens with one attached hydrogen (secondary N) is 2. The molecule has 1 saturated heterocycles. The molecule has 1 aliphatic heterocycles. The van der Waals surface area contributed by atoms with Crippen molar-refractivity contribution in [3.63, 3.8) is 0 Å². The van der Waals surface area contributed by atoms with Crippen molar-refractivity contribution in [3.05, 3.63) is 0 Å². The molecule has 0 aromatic rings. The third-order valence-corrected chi connectivity index (χ3v) is 5.43. The lowest BCUT2D eigenvalue weighted by atomic mass is 9.92. The molecule has 4 nitrogen and oxygen atoms in total. The molecule has 0 bridgehead atoms. The van der Waals surface area contributed by atoms with Crippen molar-refractivity contribution >= 4 is 10.0 Å². The predicted molar refractivity (Wildman–Crippen MR) is 69.4 cm³/mol. The summed E-state index contributed by atoms with van der Waals surface area (Å²) in [5.41, 5.74) is 0.290. The fraction of sp³-hybridized carbons (Fsp3) is 1.00. The average molecular weight is 260 g/mol. The van der Waals surface area contributed by atoms with Crippen LogP contribution in [0.4, 0.5) is 0 Å². The van der Waals surface area contributed by atoms with Crippen molar-refractivity contribution in [2.45, 2.75) is 58.0 Å². The van der Waals surface area contributed by atoms with E-state index >= 15 is 0 Å². The second kappa shape index (κ2) is 4.86. The highest BCUT2D eigenvalue weighted by Gasteiger charge is 2.33. The average Bonchev–Trinajstić information content (AvgIpc) is 2.74. The molecule has 2 unspecified atom stereocenters. The molecule has 17 heavy (non-hydrogen) atoms. The van der Waals surface area contributed by atoms with Crippen molar-refractivity contribution in [2.75, 3.05) is 12.3 Å². The van der Waals surface area contributed by atoms with E-state index < -0.39 is 10.0 Å². The zero-order valence-corrected chi connectivity index (χ0v) is 11.6. The highest BCUT2D eigenvalue weighted by Crippen LogP contribution is 2.37. The van der Waals surface area contributed by atoms with Gasteiger partial charge in [0.25, 0.3) is 0 Å². The summed E-state index contributed by atoms with van der Waals surface area (Å²) in [4.78, 5) is 0. The first-order chi connectivity index (χ1) is 7.86. The lowest BCUT2D eigenvalue weighted by Crippen LogP contribution is -2.40. The van der Waals surface area contributed by atoms with Gasteiger partial charge in [-0.3, -0.25) is 0 Å². The Balaban J connectivity index is 1.85. The van der Waals surface area contributed by atoms with E-state index in [9.17, 15) is 8.42 Å². The third kappa shape index (κ3) is 3.93. The Bertz CT molecular complexity index is 359. The first kappa shape index (κ1) is 13.3. The van der Waals surface area contributed by atoms with E-state index in [4.69, 9.17) is 0 Å². The lowest BCUT2D eigenvalue weighted by Gasteiger charge is -2.19. The van der Waals surface area contributed by atoms with Crippen LogP contribution in [-0.2, 0) is 10.0 Å². The normalized spacial score (nSPS) is 33.1. The highest BCUT2D eigenvalue weighted by atomic mass is 32.2. The van der Waals surface area contributed by atoms with Crippen molar-refractivity contribution < 1.29 is 8.42 Å². The van der Waals surface area contributed by atoms with Gasteiger partial charge in [0.1, 0.15) is 0 Å². The molecule has 0 spiro atoms. The topological polar surface area (TPSA) is 58.2 Å². The Labute approximate surface area is 105 Å². The van der Waals surface area contributed by atoms with E-state index in [1.807, 2.05) is 0 Å². The van der Waals surface area contributed by atoms with Gasteiger partial charge in [0.05, 0.1) is 5.75 Å². The molecule has 0 radical (unpaired) electrons. The molecule has 2 N–H and O–H groups in total. The first-order valence-electron chi connectivity index (χ1n) is 6.60. The van der Waals surface area contributed by atoms with Gasteiger partial charge in [-0.1, -0.05) is 13.8 Å². The number of hydrogen-bond donors (Lipinski definition) is 2. The van der Waals surface area contributed by atoms with E-state index in [-0.39, 0.29) is 17.8 Å². The monoisotopic (exact) mass is 260 g/mol. The van der Waals surface area contributed by atoms with Gasteiger partial charge in [0.15, 0.2) is 0 Å². The zero-order chi connectivity index (χ0) is 12.5. The summed E-state index contributed by atoms with van der Waals surface area (Å²) in [6, 6.07) is 0.304. The molecule has 2 rings (SSSR count). The van der Waals surface area contributed by atoms with E-state index in [0.717, 1.165) is 38.6 Å². The second-order valence-electron chi connectivity index (χ2n) is 6.30. The Morgan fingerprint density at radius 1 is 1.35 bits per heavy atom. The molecule has 1 aliphatic carbocycles. The molecule has 1 saturated carbocycles. The molecular formula is C12H24N2O2S. The molecule has 100 valence electrons. The van der Waals surface area contributed by atoms with Gasteiger partial charge < -0.3 is 5.32 Å². The molecule has 2 atom stereocenters. The van der Waals surface area contributed by atoms with Gasteiger partial charge in [-0.2, -0.15) is 0 Å². The minimum atomic E-state index is -3.11. The maximum atomic E-state index is 12.0. The van der Waals surface area contributed by atoms with Crippen LogP contribution in [0.1, 0.15) is 46.0 Å². The van der Waals surface area contributed by atoms with E-state index in [2.05, 4.69) is 23.9 Å². The molecule has 0 amide bonds. The summed E-state index contributed by atoms with van der Waals surface area (Å²) in [6.45, 7) is 5.37. The van der Waals surface area contributed by atoms with Crippen LogP contribution in [0.5, 0.6) is 0 Å². The van der Waals surface area contributed by atoms with Crippen LogP contribution >= 0.6 is 0 Å². The van der Waals surface area contributed by atoms with Crippen LogP contribution in [0.3, 0.4) is 0 Å². The Morgan fingerprint density at radius 2 is 2.12 bits per heavy atom. The van der Waals surface area contributed by atoms with Crippen LogP contribution in [0.2, 0.25) is 0 Å². The van der Waals surface area contributed by atoms with Gasteiger partial charge in [-0.15, -0.1) is 0 Å². The highest BCUT2D eigenvalue weighted by molar-refractivity contribution is 7.89. The molecule has 2 fully saturated rings. The van der Waals surface area contributed by atoms with Gasteiger partial charge >= 0.3 is 0 Å². The quantitative estimate of drug-likeness (QED) is 0.799. The van der Waals surface area contributed by atoms with Crippen LogP contribution in [0, 0.1) is 5.41 Å². The van der Waals surface area contributed by atoms with Crippen molar-refractivity contribution in [1.29, 1.82) is 0 Å². The largest absolute Gasteiger partial charge is 0.313 e. The van der Waals surface area contributed by atoms with Gasteiger partial charge in [0.2, 0.25) is 10.0 Å². The van der Waals surface area contributed by atoms with Crippen molar-refractivity contribution in [2.24, 2.45) is 5.41 Å². The Kier molecular flexibility index (Phi) is 3.80. The fourth-order valence-electron chi connectivity index (χ4n) is 3.00.